The van der Waals surface area contributed by atoms with Crippen molar-refractivity contribution in [1.82, 2.24) is 19.9 Å². The molecule has 0 spiro atoms. The first kappa shape index (κ1) is 37.6. The van der Waals surface area contributed by atoms with Gasteiger partial charge in [-0.05, 0) is 89.1 Å². The minimum Gasteiger partial charge on any atom is -0.265 e. The Balaban J connectivity index is 0.000000515. The van der Waals surface area contributed by atoms with E-state index in [1.165, 1.54) is 27.8 Å². The number of pyridine rings is 4. The van der Waals surface area contributed by atoms with Crippen LogP contribution in [0.25, 0.3) is 0 Å². The number of hydrogen-bond acceptors (Lipinski definition) is 4. The molecule has 4 rings (SSSR count). The molecule has 0 radical (unpaired) electrons. The van der Waals surface area contributed by atoms with Gasteiger partial charge in [-0.1, -0.05) is 94.4 Å². The molecule has 0 aliphatic heterocycles. The fourth-order valence-electron chi connectivity index (χ4n) is 3.11. The van der Waals surface area contributed by atoms with Crippen molar-refractivity contribution in [3.63, 3.8) is 0 Å². The lowest BCUT2D eigenvalue weighted by atomic mass is 9.88. The van der Waals surface area contributed by atoms with Crippen molar-refractivity contribution in [2.45, 2.75) is 113 Å². The number of nitrogens with zero attached hydrogens (tertiary/aromatic N) is 4. The Kier molecular flexibility index (Phi) is 16.6. The molecule has 0 N–H and O–H groups in total. The van der Waals surface area contributed by atoms with Crippen molar-refractivity contribution in [3.05, 3.63) is 119 Å². The van der Waals surface area contributed by atoms with Crippen LogP contribution in [0.2, 0.25) is 0 Å². The molecule has 41 heavy (non-hydrogen) atoms. The second-order valence-corrected chi connectivity index (χ2v) is 13.0. The van der Waals surface area contributed by atoms with Crippen LogP contribution >= 0.6 is 0 Å². The largest absolute Gasteiger partial charge is 0.265 e. The van der Waals surface area contributed by atoms with E-state index in [4.69, 9.17) is 0 Å². The van der Waals surface area contributed by atoms with Crippen LogP contribution in [0.15, 0.2) is 85.8 Å². The van der Waals surface area contributed by atoms with Gasteiger partial charge in [-0.25, -0.2) is 0 Å². The van der Waals surface area contributed by atoms with Crippen LogP contribution in [0.3, 0.4) is 0 Å². The van der Waals surface area contributed by atoms with Crippen molar-refractivity contribution in [1.29, 1.82) is 0 Å². The van der Waals surface area contributed by atoms with Crippen LogP contribution in [0.1, 0.15) is 110 Å². The minimum absolute atomic E-state index is 0.221. The van der Waals surface area contributed by atoms with Crippen LogP contribution in [0.5, 0.6) is 0 Å². The molecule has 0 aliphatic carbocycles. The summed E-state index contributed by atoms with van der Waals surface area (Å²) in [5.74, 6) is 0. The van der Waals surface area contributed by atoms with Crippen LogP contribution in [0, 0.1) is 20.8 Å². The van der Waals surface area contributed by atoms with Crippen molar-refractivity contribution >= 4 is 0 Å². The molecule has 0 unspecified atom stereocenters. The van der Waals surface area contributed by atoms with E-state index in [1.807, 2.05) is 70.7 Å². The maximum atomic E-state index is 4.25. The fourth-order valence-corrected chi connectivity index (χ4v) is 3.11. The molecule has 0 bridgehead atoms. The predicted molar refractivity (Wildman–Crippen MR) is 179 cm³/mol. The lowest BCUT2D eigenvalue weighted by Crippen LogP contribution is -2.11. The summed E-state index contributed by atoms with van der Waals surface area (Å²) in [6, 6.07) is 14.4. The first-order valence-electron chi connectivity index (χ1n) is 14.6. The molecular weight excluding hydrogens is 500 g/mol. The molecule has 0 atom stereocenters. The summed E-state index contributed by atoms with van der Waals surface area (Å²) in [5.41, 5.74) is 8.13. The van der Waals surface area contributed by atoms with Crippen LogP contribution < -0.4 is 0 Å². The predicted octanol–water partition coefficient (Wildman–Crippen LogP) is 10.2. The van der Waals surface area contributed by atoms with Gasteiger partial charge in [-0.15, -0.1) is 0 Å². The van der Waals surface area contributed by atoms with Gasteiger partial charge in [0, 0.05) is 49.1 Å². The van der Waals surface area contributed by atoms with Gasteiger partial charge in [-0.3, -0.25) is 19.9 Å². The Bertz CT molecular complexity index is 1200. The highest BCUT2D eigenvalue weighted by molar-refractivity contribution is 5.23. The van der Waals surface area contributed by atoms with Crippen molar-refractivity contribution in [2.75, 3.05) is 0 Å². The average Bonchev–Trinajstić information content (AvgIpc) is 2.91. The van der Waals surface area contributed by atoms with E-state index in [0.717, 1.165) is 5.69 Å². The second-order valence-electron chi connectivity index (χ2n) is 13.0. The maximum absolute atomic E-state index is 4.25. The summed E-state index contributed by atoms with van der Waals surface area (Å²) >= 11 is 0. The second kappa shape index (κ2) is 18.1. The summed E-state index contributed by atoms with van der Waals surface area (Å²) < 4.78 is 0. The molecule has 4 aromatic heterocycles. The normalized spacial score (nSPS) is 10.7. The number of hydrogen-bond donors (Lipinski definition) is 0. The van der Waals surface area contributed by atoms with Gasteiger partial charge in [0.2, 0.25) is 0 Å². The zero-order chi connectivity index (χ0) is 31.7. The molecule has 0 saturated heterocycles. The highest BCUT2D eigenvalue weighted by Crippen LogP contribution is 2.22. The first-order valence-corrected chi connectivity index (χ1v) is 14.6. The van der Waals surface area contributed by atoms with Crippen molar-refractivity contribution in [2.24, 2.45) is 0 Å². The number of rotatable bonds is 0. The van der Waals surface area contributed by atoms with E-state index in [0.29, 0.717) is 0 Å². The smallest absolute Gasteiger partial charge is 0.0372 e. The molecule has 0 fully saturated rings. The van der Waals surface area contributed by atoms with Gasteiger partial charge < -0.3 is 0 Å². The molecule has 4 heteroatoms. The zero-order valence-electron chi connectivity index (χ0n) is 28.4. The molecule has 0 aliphatic rings. The lowest BCUT2D eigenvalue weighted by Gasteiger charge is -2.18. The Labute approximate surface area is 252 Å². The van der Waals surface area contributed by atoms with E-state index in [1.54, 1.807) is 18.6 Å². The molecular formula is C37H56N4. The zero-order valence-corrected chi connectivity index (χ0v) is 28.4. The quantitative estimate of drug-likeness (QED) is 0.216. The highest BCUT2D eigenvalue weighted by Gasteiger charge is 2.14. The van der Waals surface area contributed by atoms with Gasteiger partial charge >= 0.3 is 0 Å². The summed E-state index contributed by atoms with van der Waals surface area (Å²) in [5, 5.41) is 0. The summed E-state index contributed by atoms with van der Waals surface area (Å²) in [7, 11) is 0. The van der Waals surface area contributed by atoms with E-state index >= 15 is 0 Å². The molecule has 4 nitrogen and oxygen atoms in total. The van der Waals surface area contributed by atoms with Gasteiger partial charge in [0.1, 0.15) is 0 Å². The van der Waals surface area contributed by atoms with Crippen LogP contribution in [-0.4, -0.2) is 19.9 Å². The summed E-state index contributed by atoms with van der Waals surface area (Å²) in [4.78, 5) is 16.3. The third-order valence-electron chi connectivity index (χ3n) is 5.89. The third-order valence-corrected chi connectivity index (χ3v) is 5.89. The topological polar surface area (TPSA) is 51.6 Å². The Hall–Kier alpha value is -3.40. The van der Waals surface area contributed by atoms with Gasteiger partial charge in [0.05, 0.1) is 0 Å². The van der Waals surface area contributed by atoms with Crippen LogP contribution in [-0.2, 0) is 16.2 Å². The van der Waals surface area contributed by atoms with Crippen molar-refractivity contribution in [3.8, 4) is 0 Å². The Morgan fingerprint density at radius 3 is 1.29 bits per heavy atom. The Morgan fingerprint density at radius 1 is 0.463 bits per heavy atom. The third kappa shape index (κ3) is 17.1. The Morgan fingerprint density at radius 2 is 0.976 bits per heavy atom. The SMILES string of the molecule is CC.CC(C)(C)c1cccnc1.Cc1ccc(C(C)(C)C)cn1.Cc1ccncc1.Cc1cncc(C(C)(C)C)c1. The van der Waals surface area contributed by atoms with Gasteiger partial charge in [-0.2, -0.15) is 0 Å². The first-order chi connectivity index (χ1) is 19.0. The minimum atomic E-state index is 0.221. The number of aromatic nitrogens is 4. The van der Waals surface area contributed by atoms with E-state index < -0.39 is 0 Å². The molecule has 0 amide bonds. The molecule has 0 aromatic carbocycles. The van der Waals surface area contributed by atoms with Crippen molar-refractivity contribution < 1.29 is 0 Å². The standard InChI is InChI=1S/2C10H15N.C9H13N.C6H7N.C2H6/c1-8-5-9(7-11-6-8)10(2,3)4;1-8-5-6-9(7-11-8)10(2,3)4;1-9(2,3)8-5-4-6-10-7-8;1-6-2-4-7-5-3-6;1-2/h2*5-7H,1-4H3;4-7H,1-3H3;2-5H,1H3;1-2H3. The molecule has 4 heterocycles. The lowest BCUT2D eigenvalue weighted by molar-refractivity contribution is 0.586. The molecule has 4 aromatic rings. The van der Waals surface area contributed by atoms with E-state index in [9.17, 15) is 0 Å². The monoisotopic (exact) mass is 556 g/mol. The highest BCUT2D eigenvalue weighted by atomic mass is 14.7. The van der Waals surface area contributed by atoms with Gasteiger partial charge in [0.15, 0.2) is 0 Å². The fraction of sp³-hybridized carbons (Fsp3) is 0.459. The summed E-state index contributed by atoms with van der Waals surface area (Å²) in [6.07, 6.45) is 13.1. The van der Waals surface area contributed by atoms with E-state index in [-0.39, 0.29) is 16.2 Å². The maximum Gasteiger partial charge on any atom is 0.0372 e. The van der Waals surface area contributed by atoms with Gasteiger partial charge in [0.25, 0.3) is 0 Å². The molecule has 0 saturated carbocycles. The molecule has 224 valence electrons. The van der Waals surface area contributed by atoms with E-state index in [2.05, 4.69) is 113 Å². The van der Waals surface area contributed by atoms with Crippen LogP contribution in [0.4, 0.5) is 0 Å². The summed E-state index contributed by atoms with van der Waals surface area (Å²) in [6.45, 7) is 29.8. The number of aryl methyl sites for hydroxylation is 3. The average molecular weight is 557 g/mol.